The zero-order valence-corrected chi connectivity index (χ0v) is 20.0. The van der Waals surface area contributed by atoms with Crippen molar-refractivity contribution in [3.8, 4) is 5.75 Å². The minimum absolute atomic E-state index is 0.00701. The lowest BCUT2D eigenvalue weighted by Crippen LogP contribution is -2.54. The Morgan fingerprint density at radius 1 is 1.03 bits per heavy atom. The van der Waals surface area contributed by atoms with Crippen LogP contribution < -0.4 is 20.7 Å². The van der Waals surface area contributed by atoms with Crippen molar-refractivity contribution >= 4 is 35.4 Å². The van der Waals surface area contributed by atoms with Gasteiger partial charge < -0.3 is 20.1 Å². The Morgan fingerprint density at radius 3 is 2.37 bits per heavy atom. The number of nitrogens with one attached hydrogen (secondary N) is 3. The van der Waals surface area contributed by atoms with Crippen molar-refractivity contribution in [2.45, 2.75) is 37.9 Å². The summed E-state index contributed by atoms with van der Waals surface area (Å²) in [5.41, 5.74) is -0.0532. The second-order valence-corrected chi connectivity index (χ2v) is 8.34. The first-order valence-corrected chi connectivity index (χ1v) is 11.7. The molecule has 0 spiro atoms. The number of nitrogens with zero attached hydrogens (tertiary/aromatic N) is 1. The topological polar surface area (TPSA) is 160 Å². The molecule has 0 saturated carbocycles. The number of carbonyl (C=O) groups is 6. The molecule has 1 aromatic rings. The Balaban J connectivity index is 1.38. The van der Waals surface area contributed by atoms with Crippen molar-refractivity contribution in [2.75, 3.05) is 32.9 Å². The van der Waals surface area contributed by atoms with E-state index in [4.69, 9.17) is 9.47 Å². The van der Waals surface area contributed by atoms with Crippen molar-refractivity contribution in [1.29, 1.82) is 0 Å². The molecular formula is C23H25F3N4O8. The summed E-state index contributed by atoms with van der Waals surface area (Å²) >= 11 is 0. The maximum Gasteiger partial charge on any atom is 0.471 e. The van der Waals surface area contributed by atoms with Crippen molar-refractivity contribution in [1.82, 2.24) is 20.9 Å². The van der Waals surface area contributed by atoms with Crippen molar-refractivity contribution in [3.05, 3.63) is 29.3 Å². The SMILES string of the molecule is O=C(COc1cccc2c1C(=O)N(C1CCC(=O)NC1=O)C2=O)NCCCOCCCNC(=O)C(F)(F)F. The van der Waals surface area contributed by atoms with Gasteiger partial charge in [0.15, 0.2) is 6.61 Å². The Morgan fingerprint density at radius 2 is 1.71 bits per heavy atom. The highest BCUT2D eigenvalue weighted by Crippen LogP contribution is 2.33. The number of benzene rings is 1. The summed E-state index contributed by atoms with van der Waals surface area (Å²) in [6.07, 6.45) is -4.35. The lowest BCUT2D eigenvalue weighted by atomic mass is 10.0. The molecule has 3 rings (SSSR count). The first kappa shape index (κ1) is 28.6. The van der Waals surface area contributed by atoms with E-state index in [1.807, 2.05) is 0 Å². The Bertz CT molecular complexity index is 1120. The number of rotatable bonds is 12. The molecule has 1 saturated heterocycles. The standard InChI is InChI=1S/C23H25F3N4O8/c24-23(25,26)22(36)28-9-3-11-37-10-2-8-27-17(32)12-38-15-5-1-4-13-18(15)21(35)30(20(13)34)14-6-7-16(31)29-19(14)33/h1,4-5,14H,2-3,6-12H2,(H,27,32)(H,28,36)(H,29,31,33). The average Bonchev–Trinajstić information content (AvgIpc) is 3.11. The van der Waals surface area contributed by atoms with Gasteiger partial charge in [-0.25, -0.2) is 0 Å². The van der Waals surface area contributed by atoms with Crippen LogP contribution in [-0.2, 0) is 23.9 Å². The van der Waals surface area contributed by atoms with E-state index in [2.05, 4.69) is 10.6 Å². The molecule has 0 aliphatic carbocycles. The highest BCUT2D eigenvalue weighted by molar-refractivity contribution is 6.24. The van der Waals surface area contributed by atoms with Gasteiger partial charge in [-0.05, 0) is 31.4 Å². The lowest BCUT2D eigenvalue weighted by Gasteiger charge is -2.27. The highest BCUT2D eigenvalue weighted by atomic mass is 19.4. The lowest BCUT2D eigenvalue weighted by molar-refractivity contribution is -0.173. The molecule has 3 N–H and O–H groups in total. The summed E-state index contributed by atoms with van der Waals surface area (Å²) in [6, 6.07) is 3.16. The third kappa shape index (κ3) is 7.06. The molecule has 15 heteroatoms. The molecule has 0 radical (unpaired) electrons. The third-order valence-electron chi connectivity index (χ3n) is 5.58. The number of hydrogen-bond acceptors (Lipinski definition) is 8. The summed E-state index contributed by atoms with van der Waals surface area (Å²) in [5, 5.41) is 6.40. The van der Waals surface area contributed by atoms with Crippen LogP contribution in [0.25, 0.3) is 0 Å². The number of fused-ring (bicyclic) bond motifs is 1. The minimum Gasteiger partial charge on any atom is -0.483 e. The summed E-state index contributed by atoms with van der Waals surface area (Å²) in [4.78, 5) is 72.9. The number of ether oxygens (including phenoxy) is 2. The molecule has 1 fully saturated rings. The Hall–Kier alpha value is -4.01. The van der Waals surface area contributed by atoms with Crippen LogP contribution in [0.15, 0.2) is 18.2 Å². The third-order valence-corrected chi connectivity index (χ3v) is 5.58. The van der Waals surface area contributed by atoms with Gasteiger partial charge in [0.2, 0.25) is 11.8 Å². The van der Waals surface area contributed by atoms with Gasteiger partial charge in [0.05, 0.1) is 11.1 Å². The van der Waals surface area contributed by atoms with E-state index in [9.17, 15) is 41.9 Å². The number of alkyl halides is 3. The molecule has 206 valence electrons. The summed E-state index contributed by atoms with van der Waals surface area (Å²) < 4.78 is 46.8. The molecule has 1 unspecified atom stereocenters. The van der Waals surface area contributed by atoms with Gasteiger partial charge in [0.1, 0.15) is 11.8 Å². The Labute approximate surface area is 214 Å². The van der Waals surface area contributed by atoms with E-state index < -0.39 is 54.3 Å². The van der Waals surface area contributed by atoms with Crippen LogP contribution in [0.1, 0.15) is 46.4 Å². The van der Waals surface area contributed by atoms with Gasteiger partial charge in [-0.1, -0.05) is 6.07 Å². The largest absolute Gasteiger partial charge is 0.483 e. The van der Waals surface area contributed by atoms with Gasteiger partial charge in [-0.2, -0.15) is 13.2 Å². The summed E-state index contributed by atoms with van der Waals surface area (Å²) in [5.74, 6) is -5.22. The fraction of sp³-hybridized carbons (Fsp3) is 0.478. The normalized spacial score (nSPS) is 17.2. The van der Waals surface area contributed by atoms with Crippen LogP contribution in [-0.4, -0.2) is 85.5 Å². The zero-order chi connectivity index (χ0) is 27.9. The van der Waals surface area contributed by atoms with E-state index in [0.717, 1.165) is 4.90 Å². The molecule has 2 aliphatic rings. The van der Waals surface area contributed by atoms with Crippen molar-refractivity contribution < 1.29 is 51.4 Å². The van der Waals surface area contributed by atoms with Crippen LogP contribution in [0, 0.1) is 0 Å². The first-order chi connectivity index (χ1) is 18.0. The number of amides is 6. The van der Waals surface area contributed by atoms with E-state index >= 15 is 0 Å². The van der Waals surface area contributed by atoms with Crippen LogP contribution in [0.3, 0.4) is 0 Å². The highest BCUT2D eigenvalue weighted by Gasteiger charge is 2.46. The molecule has 0 aromatic heterocycles. The molecule has 2 aliphatic heterocycles. The minimum atomic E-state index is -4.92. The molecule has 1 atom stereocenters. The fourth-order valence-corrected chi connectivity index (χ4v) is 3.78. The maximum atomic E-state index is 13.0. The number of carbonyl (C=O) groups excluding carboxylic acids is 6. The predicted octanol–water partition coefficient (Wildman–Crippen LogP) is 0.0581. The fourth-order valence-electron chi connectivity index (χ4n) is 3.78. The van der Waals surface area contributed by atoms with Gasteiger partial charge in [0.25, 0.3) is 17.7 Å². The maximum absolute atomic E-state index is 13.0. The second kappa shape index (κ2) is 12.5. The van der Waals surface area contributed by atoms with Crippen LogP contribution in [0.2, 0.25) is 0 Å². The number of halogens is 3. The molecule has 2 heterocycles. The van der Waals surface area contributed by atoms with Gasteiger partial charge in [0, 0.05) is 32.7 Å². The molecule has 12 nitrogen and oxygen atoms in total. The summed E-state index contributed by atoms with van der Waals surface area (Å²) in [6.45, 7) is -0.101. The van der Waals surface area contributed by atoms with Crippen LogP contribution in [0.4, 0.5) is 13.2 Å². The average molecular weight is 542 g/mol. The van der Waals surface area contributed by atoms with E-state index in [1.165, 1.54) is 18.2 Å². The first-order valence-electron chi connectivity index (χ1n) is 11.7. The molecule has 6 amide bonds. The molecule has 1 aromatic carbocycles. The number of hydrogen-bond donors (Lipinski definition) is 3. The number of imide groups is 2. The molecule has 38 heavy (non-hydrogen) atoms. The number of piperidine rings is 1. The molecular weight excluding hydrogens is 517 g/mol. The van der Waals surface area contributed by atoms with Gasteiger partial charge in [-0.3, -0.25) is 39.0 Å². The van der Waals surface area contributed by atoms with Gasteiger partial charge >= 0.3 is 12.1 Å². The van der Waals surface area contributed by atoms with Crippen molar-refractivity contribution in [3.63, 3.8) is 0 Å². The zero-order valence-electron chi connectivity index (χ0n) is 20.0. The molecule has 0 bridgehead atoms. The second-order valence-electron chi connectivity index (χ2n) is 8.34. The smallest absolute Gasteiger partial charge is 0.471 e. The van der Waals surface area contributed by atoms with Gasteiger partial charge in [-0.15, -0.1) is 0 Å². The predicted molar refractivity (Wildman–Crippen MR) is 121 cm³/mol. The summed E-state index contributed by atoms with van der Waals surface area (Å²) in [7, 11) is 0. The van der Waals surface area contributed by atoms with E-state index in [0.29, 0.717) is 6.42 Å². The van der Waals surface area contributed by atoms with Crippen LogP contribution >= 0.6 is 0 Å². The Kier molecular flexibility index (Phi) is 9.39. The van der Waals surface area contributed by atoms with Crippen LogP contribution in [0.5, 0.6) is 5.75 Å². The van der Waals surface area contributed by atoms with E-state index in [1.54, 1.807) is 5.32 Å². The van der Waals surface area contributed by atoms with E-state index in [-0.39, 0.29) is 62.4 Å². The quantitative estimate of drug-likeness (QED) is 0.247. The monoisotopic (exact) mass is 542 g/mol. The van der Waals surface area contributed by atoms with Crippen molar-refractivity contribution in [2.24, 2.45) is 0 Å².